The Kier molecular flexibility index (Phi) is 6.22. The molecule has 0 amide bonds. The molecule has 1 unspecified atom stereocenters. The van der Waals surface area contributed by atoms with Crippen LogP contribution < -0.4 is 15.4 Å². The molecule has 2 aromatic heterocycles. The molecule has 0 bridgehead atoms. The molecule has 0 spiro atoms. The van der Waals surface area contributed by atoms with Crippen LogP contribution in [0.25, 0.3) is 5.83 Å². The Balaban J connectivity index is 1.44. The first-order valence-electron chi connectivity index (χ1n) is 10.9. The number of fused-ring (bicyclic) bond motifs is 1. The second-order valence-electron chi connectivity index (χ2n) is 8.52. The predicted molar refractivity (Wildman–Crippen MR) is 128 cm³/mol. The van der Waals surface area contributed by atoms with E-state index in [0.717, 1.165) is 12.4 Å². The molecule has 182 valence electrons. The Morgan fingerprint density at radius 1 is 1.17 bits per heavy atom. The Bertz CT molecular complexity index is 1230. The van der Waals surface area contributed by atoms with E-state index in [1.165, 1.54) is 43.4 Å². The van der Waals surface area contributed by atoms with E-state index in [1.807, 2.05) is 4.90 Å². The number of aromatic nitrogens is 4. The molecule has 2 aliphatic heterocycles. The fraction of sp³-hybridized carbons (Fsp3) is 0.348. The lowest BCUT2D eigenvalue weighted by Gasteiger charge is -2.41. The van der Waals surface area contributed by atoms with Crippen LogP contribution in [0.1, 0.15) is 12.1 Å². The first-order valence-corrected chi connectivity index (χ1v) is 11.9. The summed E-state index contributed by atoms with van der Waals surface area (Å²) in [5.74, 6) is -0.936. The van der Waals surface area contributed by atoms with Crippen LogP contribution in [0.15, 0.2) is 59.4 Å². The van der Waals surface area contributed by atoms with Gasteiger partial charge in [-0.15, -0.1) is 0 Å². The van der Waals surface area contributed by atoms with Gasteiger partial charge in [-0.1, -0.05) is 17.8 Å². The zero-order valence-electron chi connectivity index (χ0n) is 18.7. The van der Waals surface area contributed by atoms with E-state index in [2.05, 4.69) is 19.9 Å². The smallest absolute Gasteiger partial charge is 0.232 e. The molecule has 5 rings (SSSR count). The Hall–Kier alpha value is -3.41. The van der Waals surface area contributed by atoms with Gasteiger partial charge in [0.05, 0.1) is 37.4 Å². The number of methoxy groups -OCH3 is 1. The van der Waals surface area contributed by atoms with Crippen molar-refractivity contribution in [1.29, 1.82) is 0 Å². The number of hydrogen-bond acceptors (Lipinski definition) is 9. The molecule has 0 aromatic carbocycles. The Morgan fingerprint density at radius 3 is 2.69 bits per heavy atom. The monoisotopic (exact) mass is 501 g/mol. The molecule has 1 aliphatic carbocycles. The van der Waals surface area contributed by atoms with E-state index < -0.39 is 23.1 Å². The number of hydrogen-bond donors (Lipinski definition) is 1. The van der Waals surface area contributed by atoms with Crippen LogP contribution in [0.5, 0.6) is 5.88 Å². The molecule has 0 saturated carbocycles. The summed E-state index contributed by atoms with van der Waals surface area (Å²) in [6.07, 6.45) is 9.25. The van der Waals surface area contributed by atoms with Gasteiger partial charge in [-0.3, -0.25) is 4.99 Å². The maximum atomic E-state index is 15.3. The number of aliphatic imine (C=N–C) groups is 1. The Labute approximate surface area is 203 Å². The summed E-state index contributed by atoms with van der Waals surface area (Å²) in [5, 5.41) is 0.377. The highest BCUT2D eigenvalue weighted by Crippen LogP contribution is 2.49. The third-order valence-corrected chi connectivity index (χ3v) is 7.42. The van der Waals surface area contributed by atoms with Gasteiger partial charge in [-0.05, 0) is 24.1 Å². The average molecular weight is 502 g/mol. The van der Waals surface area contributed by atoms with Crippen LogP contribution in [0.4, 0.5) is 19.1 Å². The van der Waals surface area contributed by atoms with Crippen LogP contribution in [0.2, 0.25) is 0 Å². The molecule has 1 fully saturated rings. The van der Waals surface area contributed by atoms with Crippen molar-refractivity contribution in [2.45, 2.75) is 12.0 Å². The van der Waals surface area contributed by atoms with E-state index in [9.17, 15) is 8.78 Å². The SMILES string of the molecule is COc1cnc(/C(F)=C/C2=CC=C(F)C([C@]34CN(c5ncc(F)cn5)C[C@H]3CSC(N)=N4)C2)cn1. The van der Waals surface area contributed by atoms with E-state index in [0.29, 0.717) is 35.5 Å². The van der Waals surface area contributed by atoms with Gasteiger partial charge in [0.1, 0.15) is 11.5 Å². The van der Waals surface area contributed by atoms with Crippen molar-refractivity contribution in [3.05, 3.63) is 65.9 Å². The van der Waals surface area contributed by atoms with E-state index in [-0.39, 0.29) is 29.7 Å². The van der Waals surface area contributed by atoms with Crippen LogP contribution in [0, 0.1) is 17.7 Å². The Morgan fingerprint density at radius 2 is 1.97 bits per heavy atom. The normalized spacial score (nSPS) is 26.6. The molecule has 35 heavy (non-hydrogen) atoms. The number of anilines is 1. The molecule has 4 heterocycles. The number of amidine groups is 1. The van der Waals surface area contributed by atoms with E-state index in [1.54, 1.807) is 6.08 Å². The van der Waals surface area contributed by atoms with Gasteiger partial charge >= 0.3 is 0 Å². The summed E-state index contributed by atoms with van der Waals surface area (Å²) < 4.78 is 48.6. The summed E-state index contributed by atoms with van der Waals surface area (Å²) in [5.41, 5.74) is 5.85. The van der Waals surface area contributed by atoms with Crippen LogP contribution >= 0.6 is 11.8 Å². The lowest BCUT2D eigenvalue weighted by Crippen LogP contribution is -2.49. The standard InChI is InChI=1S/C23H22F3N7OS/c1-34-20-9-28-19(8-29-20)18(26)5-13-2-3-17(25)16(4-13)23-12-33(22-30-6-15(24)7-31-22)10-14(23)11-35-21(27)32-23/h2-3,5-9,14,16H,4,10-12H2,1H3,(H2,27,32)/b18-5-/t14-,16?,23-/m0/s1. The van der Waals surface area contributed by atoms with Gasteiger partial charge in [0.2, 0.25) is 11.8 Å². The first kappa shape index (κ1) is 23.3. The van der Waals surface area contributed by atoms with E-state index in [4.69, 9.17) is 15.5 Å². The molecule has 12 heteroatoms. The minimum absolute atomic E-state index is 0.0474. The molecular weight excluding hydrogens is 479 g/mol. The molecule has 3 aliphatic rings. The zero-order chi connectivity index (χ0) is 24.6. The number of thioether (sulfide) groups is 1. The number of nitrogens with zero attached hydrogens (tertiary/aromatic N) is 6. The third-order valence-electron chi connectivity index (χ3n) is 6.46. The molecule has 3 atom stereocenters. The lowest BCUT2D eigenvalue weighted by atomic mass is 9.72. The van der Waals surface area contributed by atoms with Crippen molar-refractivity contribution in [2.24, 2.45) is 22.6 Å². The van der Waals surface area contributed by atoms with Gasteiger partial charge in [0.15, 0.2) is 16.8 Å². The number of allylic oxidation sites excluding steroid dienone is 4. The molecule has 2 N–H and O–H groups in total. The van der Waals surface area contributed by atoms with Crippen LogP contribution in [-0.4, -0.2) is 56.6 Å². The third kappa shape index (κ3) is 4.49. The first-order chi connectivity index (χ1) is 16.9. The number of nitrogens with two attached hydrogens (primary N) is 1. The number of ether oxygens (including phenoxy) is 1. The highest BCUT2D eigenvalue weighted by Gasteiger charge is 2.55. The summed E-state index contributed by atoms with van der Waals surface area (Å²) in [7, 11) is 1.45. The minimum Gasteiger partial charge on any atom is -0.480 e. The van der Waals surface area contributed by atoms with Gasteiger partial charge in [-0.2, -0.15) is 0 Å². The van der Waals surface area contributed by atoms with E-state index >= 15 is 4.39 Å². The minimum atomic E-state index is -0.891. The molecule has 0 radical (unpaired) electrons. The zero-order valence-corrected chi connectivity index (χ0v) is 19.6. The maximum Gasteiger partial charge on any atom is 0.232 e. The lowest BCUT2D eigenvalue weighted by molar-refractivity contribution is 0.239. The van der Waals surface area contributed by atoms with Crippen LogP contribution in [0.3, 0.4) is 0 Å². The molecule has 1 saturated heterocycles. The van der Waals surface area contributed by atoms with Crippen molar-refractivity contribution in [1.82, 2.24) is 19.9 Å². The van der Waals surface area contributed by atoms with Gasteiger partial charge in [-0.25, -0.2) is 33.1 Å². The molecule has 2 aromatic rings. The number of halogens is 3. The summed E-state index contributed by atoms with van der Waals surface area (Å²) in [6, 6.07) is 0. The predicted octanol–water partition coefficient (Wildman–Crippen LogP) is 3.46. The van der Waals surface area contributed by atoms with Gasteiger partial charge < -0.3 is 15.4 Å². The fourth-order valence-electron chi connectivity index (χ4n) is 4.77. The quantitative estimate of drug-likeness (QED) is 0.665. The molecule has 8 nitrogen and oxygen atoms in total. The van der Waals surface area contributed by atoms with Crippen molar-refractivity contribution in [3.8, 4) is 5.88 Å². The fourth-order valence-corrected chi connectivity index (χ4v) is 5.77. The van der Waals surface area contributed by atoms with Gasteiger partial charge in [0.25, 0.3) is 0 Å². The number of rotatable bonds is 5. The topological polar surface area (TPSA) is 102 Å². The van der Waals surface area contributed by atoms with Gasteiger partial charge in [0, 0.05) is 30.7 Å². The second kappa shape index (κ2) is 9.33. The average Bonchev–Trinajstić information content (AvgIpc) is 3.25. The van der Waals surface area contributed by atoms with Crippen molar-refractivity contribution in [2.75, 3.05) is 30.9 Å². The molecular formula is C23H22F3N7OS. The van der Waals surface area contributed by atoms with Crippen molar-refractivity contribution < 1.29 is 17.9 Å². The highest BCUT2D eigenvalue weighted by molar-refractivity contribution is 8.13. The summed E-state index contributed by atoms with van der Waals surface area (Å²) in [6.45, 7) is 0.823. The van der Waals surface area contributed by atoms with Crippen molar-refractivity contribution >= 4 is 28.7 Å². The van der Waals surface area contributed by atoms with Crippen molar-refractivity contribution in [3.63, 3.8) is 0 Å². The highest BCUT2D eigenvalue weighted by atomic mass is 32.2. The maximum absolute atomic E-state index is 15.3. The van der Waals surface area contributed by atoms with Crippen LogP contribution in [-0.2, 0) is 0 Å². The summed E-state index contributed by atoms with van der Waals surface area (Å²) >= 11 is 1.42. The largest absolute Gasteiger partial charge is 0.480 e. The second-order valence-corrected chi connectivity index (χ2v) is 9.56. The summed E-state index contributed by atoms with van der Waals surface area (Å²) in [4.78, 5) is 22.8.